The molecule has 112 valence electrons. The minimum absolute atomic E-state index is 0.123. The number of rotatable bonds is 3. The molecule has 0 fully saturated rings. The summed E-state index contributed by atoms with van der Waals surface area (Å²) >= 11 is 8.21. The molecule has 0 bridgehead atoms. The van der Waals surface area contributed by atoms with Crippen molar-refractivity contribution in [2.75, 3.05) is 6.54 Å². The SMILES string of the molecule is CCNC(=O)c1c(-c2ccc(Cl)cc2)c(I)cn2ccnc12. The summed E-state index contributed by atoms with van der Waals surface area (Å²) in [5.74, 6) is -0.123. The van der Waals surface area contributed by atoms with Gasteiger partial charge in [-0.15, -0.1) is 0 Å². The molecule has 0 aliphatic carbocycles. The number of carbonyl (C=O) groups excluding carboxylic acids is 1. The Bertz CT molecular complexity index is 842. The summed E-state index contributed by atoms with van der Waals surface area (Å²) < 4.78 is 2.85. The number of benzene rings is 1. The second kappa shape index (κ2) is 6.26. The Morgan fingerprint density at radius 2 is 2.09 bits per heavy atom. The summed E-state index contributed by atoms with van der Waals surface area (Å²) in [4.78, 5) is 16.9. The molecule has 0 saturated carbocycles. The fourth-order valence-electron chi connectivity index (χ4n) is 2.39. The molecule has 0 unspecified atom stereocenters. The summed E-state index contributed by atoms with van der Waals surface area (Å²) in [6.45, 7) is 2.47. The number of halogens is 2. The van der Waals surface area contributed by atoms with Crippen LogP contribution >= 0.6 is 34.2 Å². The number of nitrogens with one attached hydrogen (secondary N) is 1. The molecule has 22 heavy (non-hydrogen) atoms. The third kappa shape index (κ3) is 2.70. The highest BCUT2D eigenvalue weighted by molar-refractivity contribution is 14.1. The van der Waals surface area contributed by atoms with E-state index < -0.39 is 0 Å². The number of nitrogens with zero attached hydrogens (tertiary/aromatic N) is 2. The quantitative estimate of drug-likeness (QED) is 0.645. The average Bonchev–Trinajstić information content (AvgIpc) is 2.95. The number of pyridine rings is 1. The van der Waals surface area contributed by atoms with Gasteiger partial charge in [0, 0.05) is 39.3 Å². The van der Waals surface area contributed by atoms with Gasteiger partial charge in [0.1, 0.15) is 5.65 Å². The maximum Gasteiger partial charge on any atom is 0.255 e. The van der Waals surface area contributed by atoms with Crippen LogP contribution in [0.15, 0.2) is 42.9 Å². The lowest BCUT2D eigenvalue weighted by atomic mass is 10.0. The van der Waals surface area contributed by atoms with Crippen LogP contribution in [0.5, 0.6) is 0 Å². The van der Waals surface area contributed by atoms with E-state index in [1.165, 1.54) is 0 Å². The fraction of sp³-hybridized carbons (Fsp3) is 0.125. The van der Waals surface area contributed by atoms with Crippen LogP contribution in [0.1, 0.15) is 17.3 Å². The third-order valence-corrected chi connectivity index (χ3v) is 4.40. The van der Waals surface area contributed by atoms with Crippen molar-refractivity contribution in [3.05, 3.63) is 57.0 Å². The van der Waals surface area contributed by atoms with Crippen molar-refractivity contribution in [1.82, 2.24) is 14.7 Å². The topological polar surface area (TPSA) is 46.4 Å². The number of amides is 1. The maximum atomic E-state index is 12.6. The van der Waals surface area contributed by atoms with Crippen LogP contribution in [0.4, 0.5) is 0 Å². The Kier molecular flexibility index (Phi) is 4.35. The Hall–Kier alpha value is -1.60. The predicted octanol–water partition coefficient (Wildman–Crippen LogP) is 4.01. The van der Waals surface area contributed by atoms with Crippen molar-refractivity contribution >= 4 is 45.7 Å². The summed E-state index contributed by atoms with van der Waals surface area (Å²) in [5, 5.41) is 3.54. The van der Waals surface area contributed by atoms with Gasteiger partial charge in [-0.25, -0.2) is 4.98 Å². The summed E-state index contributed by atoms with van der Waals surface area (Å²) in [6, 6.07) is 7.48. The van der Waals surface area contributed by atoms with Gasteiger partial charge in [0.05, 0.1) is 5.56 Å². The van der Waals surface area contributed by atoms with E-state index in [4.69, 9.17) is 11.6 Å². The van der Waals surface area contributed by atoms with Crippen molar-refractivity contribution in [2.24, 2.45) is 0 Å². The van der Waals surface area contributed by atoms with E-state index in [0.29, 0.717) is 22.8 Å². The molecule has 0 aliphatic heterocycles. The Balaban J connectivity index is 2.31. The van der Waals surface area contributed by atoms with Crippen molar-refractivity contribution in [2.45, 2.75) is 6.92 Å². The molecular formula is C16H13ClIN3O. The fourth-order valence-corrected chi connectivity index (χ4v) is 3.40. The van der Waals surface area contributed by atoms with Gasteiger partial charge in [-0.05, 0) is 47.2 Å². The Morgan fingerprint density at radius 3 is 2.77 bits per heavy atom. The minimum atomic E-state index is -0.123. The van der Waals surface area contributed by atoms with Crippen LogP contribution < -0.4 is 5.32 Å². The van der Waals surface area contributed by atoms with Gasteiger partial charge in [0.15, 0.2) is 0 Å². The van der Waals surface area contributed by atoms with Crippen molar-refractivity contribution in [3.63, 3.8) is 0 Å². The number of imidazole rings is 1. The highest BCUT2D eigenvalue weighted by Crippen LogP contribution is 2.32. The monoisotopic (exact) mass is 425 g/mol. The van der Waals surface area contributed by atoms with E-state index in [0.717, 1.165) is 14.7 Å². The smallest absolute Gasteiger partial charge is 0.255 e. The van der Waals surface area contributed by atoms with E-state index >= 15 is 0 Å². The van der Waals surface area contributed by atoms with Crippen LogP contribution in [-0.4, -0.2) is 21.8 Å². The predicted molar refractivity (Wildman–Crippen MR) is 96.4 cm³/mol. The highest BCUT2D eigenvalue weighted by atomic mass is 127. The first kappa shape index (κ1) is 15.3. The molecule has 1 amide bonds. The van der Waals surface area contributed by atoms with E-state index in [1.54, 1.807) is 6.20 Å². The largest absolute Gasteiger partial charge is 0.352 e. The van der Waals surface area contributed by atoms with Crippen LogP contribution in [0.25, 0.3) is 16.8 Å². The number of aromatic nitrogens is 2. The first-order chi connectivity index (χ1) is 10.6. The Labute approximate surface area is 146 Å². The molecule has 4 nitrogen and oxygen atoms in total. The van der Waals surface area contributed by atoms with Gasteiger partial charge < -0.3 is 9.72 Å². The lowest BCUT2D eigenvalue weighted by Crippen LogP contribution is -2.24. The lowest BCUT2D eigenvalue weighted by molar-refractivity contribution is 0.0957. The van der Waals surface area contributed by atoms with Crippen molar-refractivity contribution < 1.29 is 4.79 Å². The van der Waals surface area contributed by atoms with Gasteiger partial charge in [-0.1, -0.05) is 23.7 Å². The average molecular weight is 426 g/mol. The summed E-state index contributed by atoms with van der Waals surface area (Å²) in [5.41, 5.74) is 3.06. The number of carbonyl (C=O) groups is 1. The zero-order chi connectivity index (χ0) is 15.7. The molecule has 0 saturated heterocycles. The van der Waals surface area contributed by atoms with Gasteiger partial charge in [-0.3, -0.25) is 4.79 Å². The summed E-state index contributed by atoms with van der Waals surface area (Å²) in [7, 11) is 0. The molecular weight excluding hydrogens is 413 g/mol. The van der Waals surface area contributed by atoms with Gasteiger partial charge >= 0.3 is 0 Å². The van der Waals surface area contributed by atoms with E-state index in [-0.39, 0.29) is 5.91 Å². The molecule has 0 aliphatic rings. The van der Waals surface area contributed by atoms with Crippen LogP contribution in [-0.2, 0) is 0 Å². The van der Waals surface area contributed by atoms with Gasteiger partial charge in [-0.2, -0.15) is 0 Å². The van der Waals surface area contributed by atoms with Gasteiger partial charge in [0.25, 0.3) is 5.91 Å². The van der Waals surface area contributed by atoms with Crippen LogP contribution in [0, 0.1) is 3.57 Å². The first-order valence-electron chi connectivity index (χ1n) is 6.81. The number of hydrogen-bond donors (Lipinski definition) is 1. The molecule has 6 heteroatoms. The molecule has 3 rings (SSSR count). The molecule has 2 heterocycles. The molecule has 0 atom stereocenters. The van der Waals surface area contributed by atoms with E-state index in [1.807, 2.05) is 48.0 Å². The highest BCUT2D eigenvalue weighted by Gasteiger charge is 2.20. The first-order valence-corrected chi connectivity index (χ1v) is 8.26. The van der Waals surface area contributed by atoms with E-state index in [2.05, 4.69) is 32.9 Å². The minimum Gasteiger partial charge on any atom is -0.352 e. The van der Waals surface area contributed by atoms with Crippen molar-refractivity contribution in [1.29, 1.82) is 0 Å². The van der Waals surface area contributed by atoms with Crippen molar-refractivity contribution in [3.8, 4) is 11.1 Å². The number of fused-ring (bicyclic) bond motifs is 1. The van der Waals surface area contributed by atoms with Crippen LogP contribution in [0.3, 0.4) is 0 Å². The standard InChI is InChI=1S/C16H13ClIN3O/c1-2-19-16(22)14-13(10-3-5-11(17)6-4-10)12(18)9-21-8-7-20-15(14)21/h3-9H,2H2,1H3,(H,19,22). The molecule has 0 spiro atoms. The molecule has 0 radical (unpaired) electrons. The second-order valence-electron chi connectivity index (χ2n) is 4.75. The maximum absolute atomic E-state index is 12.6. The zero-order valence-electron chi connectivity index (χ0n) is 11.8. The molecule has 2 aromatic heterocycles. The normalized spacial score (nSPS) is 10.9. The van der Waals surface area contributed by atoms with E-state index in [9.17, 15) is 4.79 Å². The van der Waals surface area contributed by atoms with Crippen LogP contribution in [0.2, 0.25) is 5.02 Å². The van der Waals surface area contributed by atoms with Gasteiger partial charge in [0.2, 0.25) is 0 Å². The molecule has 3 aromatic rings. The molecule has 1 N–H and O–H groups in total. The Morgan fingerprint density at radius 1 is 1.36 bits per heavy atom. The molecule has 1 aromatic carbocycles. The third-order valence-electron chi connectivity index (χ3n) is 3.33. The summed E-state index contributed by atoms with van der Waals surface area (Å²) in [6.07, 6.45) is 5.50. The zero-order valence-corrected chi connectivity index (χ0v) is 14.7. The number of hydrogen-bond acceptors (Lipinski definition) is 2. The lowest BCUT2D eigenvalue weighted by Gasteiger charge is -2.13. The second-order valence-corrected chi connectivity index (χ2v) is 6.35.